The number of ether oxygens (including phenoxy) is 1. The van der Waals surface area contributed by atoms with Gasteiger partial charge in [-0.2, -0.15) is 13.2 Å². The summed E-state index contributed by atoms with van der Waals surface area (Å²) in [7, 11) is 0. The highest BCUT2D eigenvalue weighted by molar-refractivity contribution is 6.24. The Bertz CT molecular complexity index is 1410. The Morgan fingerprint density at radius 2 is 1.62 bits per heavy atom. The van der Waals surface area contributed by atoms with Crippen LogP contribution in [0.4, 0.5) is 13.2 Å². The first kappa shape index (κ1) is 29.5. The number of carbonyl (C=O) groups is 1. The van der Waals surface area contributed by atoms with Crippen LogP contribution in [0.1, 0.15) is 37.3 Å². The van der Waals surface area contributed by atoms with E-state index in [1.165, 1.54) is 17.0 Å². The van der Waals surface area contributed by atoms with Crippen molar-refractivity contribution in [3.8, 4) is 5.75 Å². The molecule has 5 nitrogen and oxygen atoms in total. The van der Waals surface area contributed by atoms with Gasteiger partial charge in [-0.15, -0.1) is 0 Å². The highest BCUT2D eigenvalue weighted by atomic mass is 35.5. The second-order valence-corrected chi connectivity index (χ2v) is 10.5. The van der Waals surface area contributed by atoms with Crippen LogP contribution in [0.5, 0.6) is 5.75 Å². The fourth-order valence-corrected chi connectivity index (χ4v) is 5.25. The fourth-order valence-electron chi connectivity index (χ4n) is 4.97. The standard InChI is InChI=1S/C31H32ClF3N2O3/c1-22(24-10-5-3-6-11-24)20-37(30(32,31(33,34)35)25-12-7-4-8-13-25)19-16-23(2)40-28-15-9-14-27-26(28)17-18-36(27)21-29(38)39/h3-15,17-18,22-23H,16,19-21H2,1-2H3,(H,38,39)/t22?,23-,30?/m0/s1. The van der Waals surface area contributed by atoms with Gasteiger partial charge in [-0.25, -0.2) is 0 Å². The summed E-state index contributed by atoms with van der Waals surface area (Å²) in [5, 5.41) is 9.91. The van der Waals surface area contributed by atoms with Crippen LogP contribution in [0, 0.1) is 0 Å². The van der Waals surface area contributed by atoms with Crippen LogP contribution in [-0.2, 0) is 16.3 Å². The summed E-state index contributed by atoms with van der Waals surface area (Å²) >= 11 is 6.61. The summed E-state index contributed by atoms with van der Waals surface area (Å²) in [6.07, 6.45) is -3.26. The second kappa shape index (κ2) is 12.4. The second-order valence-electron chi connectivity index (χ2n) is 9.99. The Balaban J connectivity index is 1.59. The molecule has 0 spiro atoms. The topological polar surface area (TPSA) is 54.7 Å². The van der Waals surface area contributed by atoms with Crippen LogP contribution in [-0.4, -0.2) is 45.9 Å². The third kappa shape index (κ3) is 6.45. The summed E-state index contributed by atoms with van der Waals surface area (Å²) in [4.78, 5) is 9.76. The van der Waals surface area contributed by atoms with E-state index >= 15 is 0 Å². The van der Waals surface area contributed by atoms with Gasteiger partial charge in [0.15, 0.2) is 0 Å². The van der Waals surface area contributed by atoms with Crippen LogP contribution in [0.25, 0.3) is 10.9 Å². The number of hydrogen-bond acceptors (Lipinski definition) is 3. The molecule has 0 amide bonds. The van der Waals surface area contributed by atoms with Crippen molar-refractivity contribution in [1.29, 1.82) is 0 Å². The lowest BCUT2D eigenvalue weighted by atomic mass is 9.97. The summed E-state index contributed by atoms with van der Waals surface area (Å²) in [6, 6.07) is 24.1. The molecule has 40 heavy (non-hydrogen) atoms. The van der Waals surface area contributed by atoms with Crippen LogP contribution in [0.15, 0.2) is 91.1 Å². The Labute approximate surface area is 236 Å². The van der Waals surface area contributed by atoms with Gasteiger partial charge in [0.1, 0.15) is 12.3 Å². The van der Waals surface area contributed by atoms with E-state index < -0.39 is 23.2 Å². The Hall–Kier alpha value is -3.49. The molecule has 1 N–H and O–H groups in total. The molecule has 0 radical (unpaired) electrons. The van der Waals surface area contributed by atoms with Crippen molar-refractivity contribution >= 4 is 28.5 Å². The van der Waals surface area contributed by atoms with Gasteiger partial charge in [0.05, 0.1) is 11.6 Å². The normalized spacial score (nSPS) is 15.1. The molecule has 2 unspecified atom stereocenters. The molecule has 0 saturated carbocycles. The number of aromatic nitrogens is 1. The molecular formula is C31H32ClF3N2O3. The Morgan fingerprint density at radius 3 is 2.25 bits per heavy atom. The summed E-state index contributed by atoms with van der Waals surface area (Å²) < 4.78 is 52.1. The molecule has 0 aliphatic heterocycles. The van der Waals surface area contributed by atoms with Crippen molar-refractivity contribution in [3.63, 3.8) is 0 Å². The average Bonchev–Trinajstić information content (AvgIpc) is 3.33. The van der Waals surface area contributed by atoms with E-state index in [4.69, 9.17) is 16.3 Å². The Morgan fingerprint density at radius 1 is 0.975 bits per heavy atom. The lowest BCUT2D eigenvalue weighted by Crippen LogP contribution is -2.54. The Kier molecular flexibility index (Phi) is 9.11. The van der Waals surface area contributed by atoms with E-state index in [9.17, 15) is 23.1 Å². The number of fused-ring (bicyclic) bond motifs is 1. The van der Waals surface area contributed by atoms with Crippen LogP contribution < -0.4 is 4.74 Å². The zero-order valence-corrected chi connectivity index (χ0v) is 23.1. The van der Waals surface area contributed by atoms with Gasteiger partial charge < -0.3 is 14.4 Å². The van der Waals surface area contributed by atoms with Gasteiger partial charge in [0, 0.05) is 24.7 Å². The van der Waals surface area contributed by atoms with Crippen molar-refractivity contribution in [2.45, 2.75) is 50.0 Å². The highest BCUT2D eigenvalue weighted by Gasteiger charge is 2.58. The zero-order valence-electron chi connectivity index (χ0n) is 22.3. The van der Waals surface area contributed by atoms with Crippen molar-refractivity contribution < 1.29 is 27.8 Å². The number of hydrogen-bond donors (Lipinski definition) is 1. The minimum atomic E-state index is -4.75. The molecule has 0 saturated heterocycles. The maximum Gasteiger partial charge on any atom is 0.425 e. The minimum absolute atomic E-state index is 0.0201. The van der Waals surface area contributed by atoms with Crippen molar-refractivity contribution in [1.82, 2.24) is 9.47 Å². The van der Waals surface area contributed by atoms with Crippen molar-refractivity contribution in [3.05, 3.63) is 102 Å². The van der Waals surface area contributed by atoms with E-state index in [1.54, 1.807) is 60.2 Å². The minimum Gasteiger partial charge on any atom is -0.490 e. The number of aliphatic carboxylic acids is 1. The van der Waals surface area contributed by atoms with Gasteiger partial charge in [0.25, 0.3) is 0 Å². The molecule has 4 aromatic rings. The first-order valence-electron chi connectivity index (χ1n) is 13.1. The molecule has 0 aliphatic carbocycles. The van der Waals surface area contributed by atoms with Crippen LogP contribution in [0.3, 0.4) is 0 Å². The van der Waals surface area contributed by atoms with Gasteiger partial charge in [-0.3, -0.25) is 9.69 Å². The molecule has 0 fully saturated rings. The molecule has 9 heteroatoms. The number of benzene rings is 3. The lowest BCUT2D eigenvalue weighted by molar-refractivity contribution is -0.207. The zero-order chi connectivity index (χ0) is 28.9. The number of rotatable bonds is 12. The van der Waals surface area contributed by atoms with Gasteiger partial charge >= 0.3 is 12.1 Å². The van der Waals surface area contributed by atoms with Gasteiger partial charge in [-0.1, -0.05) is 85.3 Å². The fraction of sp³-hybridized carbons (Fsp3) is 0.323. The molecule has 4 rings (SSSR count). The first-order valence-corrected chi connectivity index (χ1v) is 13.5. The molecule has 1 heterocycles. The SMILES string of the molecule is CC(CN(CC[C@H](C)Oc1cccc2c1ccn2CC(=O)O)C(Cl)(c1ccccc1)C(F)(F)F)c1ccccc1. The van der Waals surface area contributed by atoms with Gasteiger partial charge in [-0.05, 0) is 48.6 Å². The molecule has 0 aliphatic rings. The maximum atomic E-state index is 14.8. The van der Waals surface area contributed by atoms with Crippen LogP contribution in [0.2, 0.25) is 0 Å². The van der Waals surface area contributed by atoms with Crippen molar-refractivity contribution in [2.24, 2.45) is 0 Å². The molecular weight excluding hydrogens is 541 g/mol. The summed E-state index contributed by atoms with van der Waals surface area (Å²) in [5.41, 5.74) is 1.58. The molecule has 0 bridgehead atoms. The molecule has 3 atom stereocenters. The molecule has 1 aromatic heterocycles. The number of carboxylic acid groups (broad SMARTS) is 1. The smallest absolute Gasteiger partial charge is 0.425 e. The largest absolute Gasteiger partial charge is 0.490 e. The van der Waals surface area contributed by atoms with E-state index in [-0.39, 0.29) is 37.5 Å². The summed E-state index contributed by atoms with van der Waals surface area (Å²) in [6.45, 7) is 3.60. The number of halogens is 4. The van der Waals surface area contributed by atoms with E-state index in [2.05, 4.69) is 0 Å². The number of nitrogens with zero attached hydrogens (tertiary/aromatic N) is 2. The molecule has 212 valence electrons. The number of carboxylic acids is 1. The predicted octanol–water partition coefficient (Wildman–Crippen LogP) is 7.64. The van der Waals surface area contributed by atoms with E-state index in [1.807, 2.05) is 37.3 Å². The first-order chi connectivity index (χ1) is 19.0. The monoisotopic (exact) mass is 572 g/mol. The summed E-state index contributed by atoms with van der Waals surface area (Å²) in [5.74, 6) is -0.645. The lowest BCUT2D eigenvalue weighted by Gasteiger charge is -2.42. The van der Waals surface area contributed by atoms with Gasteiger partial charge in [0.2, 0.25) is 5.00 Å². The van der Waals surface area contributed by atoms with Crippen LogP contribution >= 0.6 is 11.6 Å². The third-order valence-corrected chi connectivity index (χ3v) is 7.72. The van der Waals surface area contributed by atoms with Crippen molar-refractivity contribution in [2.75, 3.05) is 13.1 Å². The van der Waals surface area contributed by atoms with E-state index in [0.717, 1.165) is 10.9 Å². The third-order valence-electron chi connectivity index (χ3n) is 7.04. The highest BCUT2D eigenvalue weighted by Crippen LogP contribution is 2.48. The maximum absolute atomic E-state index is 14.8. The molecule has 3 aromatic carbocycles. The predicted molar refractivity (Wildman–Crippen MR) is 151 cm³/mol. The van der Waals surface area contributed by atoms with E-state index in [0.29, 0.717) is 11.3 Å². The number of alkyl halides is 4. The average molecular weight is 573 g/mol. The quantitative estimate of drug-likeness (QED) is 0.140.